The zero-order valence-electron chi connectivity index (χ0n) is 10.3. The first kappa shape index (κ1) is 13.6. The van der Waals surface area contributed by atoms with Gasteiger partial charge < -0.3 is 5.73 Å². The molecule has 0 bridgehead atoms. The van der Waals surface area contributed by atoms with Crippen molar-refractivity contribution in [2.24, 2.45) is 5.73 Å². The van der Waals surface area contributed by atoms with Crippen molar-refractivity contribution in [1.29, 1.82) is 0 Å². The lowest BCUT2D eigenvalue weighted by Crippen LogP contribution is -2.28. The van der Waals surface area contributed by atoms with E-state index in [2.05, 4.69) is 51.2 Å². The van der Waals surface area contributed by atoms with Crippen LogP contribution in [0, 0.1) is 0 Å². The van der Waals surface area contributed by atoms with Gasteiger partial charge in [-0.3, -0.25) is 4.90 Å². The van der Waals surface area contributed by atoms with Gasteiger partial charge in [-0.05, 0) is 33.1 Å². The SMILES string of the molecule is NCC(c1cc(Br)c(Cl)s1)N1Cc2ccccc2C1. The maximum atomic E-state index is 6.14. The van der Waals surface area contributed by atoms with Gasteiger partial charge in [0, 0.05) is 29.0 Å². The summed E-state index contributed by atoms with van der Waals surface area (Å²) in [6.45, 7) is 2.54. The Labute approximate surface area is 130 Å². The second-order valence-electron chi connectivity index (χ2n) is 4.70. The van der Waals surface area contributed by atoms with E-state index in [1.54, 1.807) is 11.3 Å². The van der Waals surface area contributed by atoms with E-state index in [1.165, 1.54) is 16.0 Å². The second kappa shape index (κ2) is 5.54. The smallest absolute Gasteiger partial charge is 0.107 e. The highest BCUT2D eigenvalue weighted by Gasteiger charge is 2.27. The fraction of sp³-hybridized carbons (Fsp3) is 0.286. The molecule has 0 spiro atoms. The van der Waals surface area contributed by atoms with Crippen molar-refractivity contribution in [2.45, 2.75) is 19.1 Å². The molecule has 1 aromatic heterocycles. The third kappa shape index (κ3) is 2.60. The molecule has 2 nitrogen and oxygen atoms in total. The first-order chi connectivity index (χ1) is 9.19. The Bertz CT molecular complexity index is 554. The van der Waals surface area contributed by atoms with Gasteiger partial charge >= 0.3 is 0 Å². The summed E-state index contributed by atoms with van der Waals surface area (Å²) in [6.07, 6.45) is 0. The molecule has 0 saturated heterocycles. The van der Waals surface area contributed by atoms with Crippen molar-refractivity contribution >= 4 is 38.9 Å². The molecule has 2 aromatic rings. The molecule has 100 valence electrons. The normalized spacial score (nSPS) is 16.6. The maximum Gasteiger partial charge on any atom is 0.107 e. The molecule has 0 amide bonds. The van der Waals surface area contributed by atoms with E-state index in [0.717, 1.165) is 21.9 Å². The standard InChI is InChI=1S/C14H14BrClN2S/c15-11-5-13(19-14(11)16)12(6-17)18-7-9-3-1-2-4-10(9)8-18/h1-5,12H,6-8,17H2. The van der Waals surface area contributed by atoms with E-state index in [-0.39, 0.29) is 6.04 Å². The van der Waals surface area contributed by atoms with E-state index in [9.17, 15) is 0 Å². The number of thiophene rings is 1. The topological polar surface area (TPSA) is 29.3 Å². The van der Waals surface area contributed by atoms with Crippen molar-refractivity contribution < 1.29 is 0 Å². The second-order valence-corrected chi connectivity index (χ2v) is 7.24. The first-order valence-corrected chi connectivity index (χ1v) is 8.13. The number of halogens is 2. The zero-order chi connectivity index (χ0) is 13.4. The van der Waals surface area contributed by atoms with Crippen molar-refractivity contribution in [3.63, 3.8) is 0 Å². The van der Waals surface area contributed by atoms with Crippen LogP contribution in [0.4, 0.5) is 0 Å². The predicted molar refractivity (Wildman–Crippen MR) is 84.5 cm³/mol. The van der Waals surface area contributed by atoms with Crippen LogP contribution < -0.4 is 5.73 Å². The molecule has 0 fully saturated rings. The number of benzene rings is 1. The molecule has 0 radical (unpaired) electrons. The van der Waals surface area contributed by atoms with Gasteiger partial charge in [-0.2, -0.15) is 0 Å². The van der Waals surface area contributed by atoms with Gasteiger partial charge in [-0.1, -0.05) is 35.9 Å². The Morgan fingerprint density at radius 1 is 1.32 bits per heavy atom. The van der Waals surface area contributed by atoms with Gasteiger partial charge in [0.1, 0.15) is 4.34 Å². The fourth-order valence-electron chi connectivity index (χ4n) is 2.55. The summed E-state index contributed by atoms with van der Waals surface area (Å²) in [5, 5.41) is 0. The minimum absolute atomic E-state index is 0.237. The number of fused-ring (bicyclic) bond motifs is 1. The quantitative estimate of drug-likeness (QED) is 0.893. The van der Waals surface area contributed by atoms with Crippen LogP contribution in [-0.4, -0.2) is 11.4 Å². The average molecular weight is 358 g/mol. The summed E-state index contributed by atoms with van der Waals surface area (Å²) in [5.74, 6) is 0. The molecule has 2 heterocycles. The zero-order valence-corrected chi connectivity index (χ0v) is 13.4. The van der Waals surface area contributed by atoms with Crippen LogP contribution in [0.15, 0.2) is 34.8 Å². The molecule has 1 aliphatic heterocycles. The number of nitrogens with two attached hydrogens (primary N) is 1. The van der Waals surface area contributed by atoms with Gasteiger partial charge in [0.15, 0.2) is 0 Å². The Kier molecular flexibility index (Phi) is 3.96. The maximum absolute atomic E-state index is 6.14. The summed E-state index contributed by atoms with van der Waals surface area (Å²) in [4.78, 5) is 3.64. The first-order valence-electron chi connectivity index (χ1n) is 6.14. The Balaban J connectivity index is 1.85. The van der Waals surface area contributed by atoms with Crippen molar-refractivity contribution in [3.8, 4) is 0 Å². The molecule has 2 N–H and O–H groups in total. The third-order valence-electron chi connectivity index (χ3n) is 3.52. The number of hydrogen-bond donors (Lipinski definition) is 1. The minimum Gasteiger partial charge on any atom is -0.329 e. The average Bonchev–Trinajstić information content (AvgIpc) is 2.95. The lowest BCUT2D eigenvalue weighted by molar-refractivity contribution is 0.208. The highest BCUT2D eigenvalue weighted by Crippen LogP contribution is 2.39. The Hall–Kier alpha value is -0.390. The van der Waals surface area contributed by atoms with Gasteiger partial charge in [0.25, 0.3) is 0 Å². The molecule has 19 heavy (non-hydrogen) atoms. The summed E-state index contributed by atoms with van der Waals surface area (Å²) in [6, 6.07) is 10.9. The number of hydrogen-bond acceptors (Lipinski definition) is 3. The van der Waals surface area contributed by atoms with E-state index >= 15 is 0 Å². The van der Waals surface area contributed by atoms with Crippen molar-refractivity contribution in [1.82, 2.24) is 4.90 Å². The van der Waals surface area contributed by atoms with Crippen LogP contribution in [0.3, 0.4) is 0 Å². The number of nitrogens with zero attached hydrogens (tertiary/aromatic N) is 1. The van der Waals surface area contributed by atoms with E-state index in [1.807, 2.05) is 0 Å². The van der Waals surface area contributed by atoms with Crippen LogP contribution in [0.2, 0.25) is 4.34 Å². The fourth-order valence-corrected chi connectivity index (χ4v) is 4.44. The van der Waals surface area contributed by atoms with E-state index in [0.29, 0.717) is 6.54 Å². The highest BCUT2D eigenvalue weighted by molar-refractivity contribution is 9.10. The Morgan fingerprint density at radius 3 is 2.42 bits per heavy atom. The van der Waals surface area contributed by atoms with Gasteiger partial charge in [-0.25, -0.2) is 0 Å². The molecule has 3 rings (SSSR count). The molecule has 1 atom stereocenters. The van der Waals surface area contributed by atoms with Crippen LogP contribution in [0.1, 0.15) is 22.0 Å². The summed E-state index contributed by atoms with van der Waals surface area (Å²) in [5.41, 5.74) is 8.80. The van der Waals surface area contributed by atoms with E-state index in [4.69, 9.17) is 17.3 Å². The monoisotopic (exact) mass is 356 g/mol. The van der Waals surface area contributed by atoms with Crippen LogP contribution in [0.25, 0.3) is 0 Å². The predicted octanol–water partition coefficient (Wildman–Crippen LogP) is 4.18. The summed E-state index contributed by atoms with van der Waals surface area (Å²) in [7, 11) is 0. The number of rotatable bonds is 3. The molecule has 5 heteroatoms. The van der Waals surface area contributed by atoms with E-state index < -0.39 is 0 Å². The molecule has 0 saturated carbocycles. The van der Waals surface area contributed by atoms with Crippen LogP contribution in [-0.2, 0) is 13.1 Å². The third-order valence-corrected chi connectivity index (χ3v) is 6.10. The van der Waals surface area contributed by atoms with Gasteiger partial charge in [0.2, 0.25) is 0 Å². The molecule has 0 aliphatic carbocycles. The van der Waals surface area contributed by atoms with Crippen molar-refractivity contribution in [3.05, 3.63) is 55.1 Å². The minimum atomic E-state index is 0.237. The van der Waals surface area contributed by atoms with Gasteiger partial charge in [0.05, 0.1) is 6.04 Å². The molecule has 1 aromatic carbocycles. The summed E-state index contributed by atoms with van der Waals surface area (Å²) >= 11 is 11.2. The lowest BCUT2D eigenvalue weighted by atomic mass is 10.1. The largest absolute Gasteiger partial charge is 0.329 e. The molecule has 1 unspecified atom stereocenters. The Morgan fingerprint density at radius 2 is 1.95 bits per heavy atom. The van der Waals surface area contributed by atoms with Gasteiger partial charge in [-0.15, -0.1) is 11.3 Å². The van der Waals surface area contributed by atoms with Crippen molar-refractivity contribution in [2.75, 3.05) is 6.54 Å². The molecular formula is C14H14BrClN2S. The summed E-state index contributed by atoms with van der Waals surface area (Å²) < 4.78 is 1.76. The van der Waals surface area contributed by atoms with Crippen LogP contribution in [0.5, 0.6) is 0 Å². The lowest BCUT2D eigenvalue weighted by Gasteiger charge is -2.25. The highest BCUT2D eigenvalue weighted by atomic mass is 79.9. The molecular weight excluding hydrogens is 344 g/mol. The van der Waals surface area contributed by atoms with Crippen LogP contribution >= 0.6 is 38.9 Å². The molecule has 1 aliphatic rings.